The molecule has 0 saturated carbocycles. The monoisotopic (exact) mass is 360 g/mol. The number of carbonyl (C=O) groups excluding carboxylic acids is 1. The molecule has 1 atom stereocenters. The summed E-state index contributed by atoms with van der Waals surface area (Å²) in [4.78, 5) is 28.3. The largest absolute Gasteiger partial charge is 0.488 e. The Morgan fingerprint density at radius 1 is 1.07 bits per heavy atom. The fraction of sp³-hybridized carbons (Fsp3) is 0.0952. The van der Waals surface area contributed by atoms with Crippen molar-refractivity contribution in [3.05, 3.63) is 83.7 Å². The molecule has 2 N–H and O–H groups in total. The zero-order valence-electron chi connectivity index (χ0n) is 14.3. The average molecular weight is 360 g/mol. The van der Waals surface area contributed by atoms with Crippen molar-refractivity contribution in [2.75, 3.05) is 0 Å². The summed E-state index contributed by atoms with van der Waals surface area (Å²) in [6.45, 7) is 0.378. The number of nitrogens with one attached hydrogen (secondary N) is 1. The van der Waals surface area contributed by atoms with Gasteiger partial charge in [0, 0.05) is 29.1 Å². The van der Waals surface area contributed by atoms with Gasteiger partial charge in [-0.1, -0.05) is 30.3 Å². The molecule has 0 aliphatic carbocycles. The Bertz CT molecular complexity index is 1020. The average Bonchev–Trinajstić information content (AvgIpc) is 2.71. The van der Waals surface area contributed by atoms with Crippen LogP contribution in [0.4, 0.5) is 0 Å². The smallest absolute Gasteiger partial charge is 0.330 e. The molecule has 134 valence electrons. The first-order valence-electron chi connectivity index (χ1n) is 8.42. The summed E-state index contributed by atoms with van der Waals surface area (Å²) < 4.78 is 5.74. The fourth-order valence-electron chi connectivity index (χ4n) is 3.11. The van der Waals surface area contributed by atoms with Crippen LogP contribution >= 0.6 is 0 Å². The summed E-state index contributed by atoms with van der Waals surface area (Å²) in [5.74, 6) is -1.00. The molecule has 1 aliphatic heterocycles. The number of aromatic nitrogens is 1. The van der Waals surface area contributed by atoms with E-state index in [4.69, 9.17) is 4.74 Å². The number of ether oxygens (including phenoxy) is 1. The molecule has 0 saturated heterocycles. The first kappa shape index (κ1) is 16.8. The predicted octanol–water partition coefficient (Wildman–Crippen LogP) is 3.20. The van der Waals surface area contributed by atoms with Gasteiger partial charge >= 0.3 is 5.97 Å². The second kappa shape index (κ2) is 6.92. The molecule has 3 aromatic rings. The van der Waals surface area contributed by atoms with Crippen LogP contribution in [-0.2, 0) is 11.4 Å². The van der Waals surface area contributed by atoms with Gasteiger partial charge in [0.25, 0.3) is 5.91 Å². The predicted molar refractivity (Wildman–Crippen MR) is 98.3 cm³/mol. The van der Waals surface area contributed by atoms with Crippen LogP contribution in [-0.4, -0.2) is 22.0 Å². The lowest BCUT2D eigenvalue weighted by atomic mass is 9.97. The van der Waals surface area contributed by atoms with Crippen LogP contribution in [0.25, 0.3) is 11.1 Å². The van der Waals surface area contributed by atoms with E-state index in [-0.39, 0.29) is 0 Å². The minimum absolute atomic E-state index is 0.341. The Balaban J connectivity index is 1.61. The molecule has 0 bridgehead atoms. The Hall–Kier alpha value is -3.67. The molecule has 4 rings (SSSR count). The molecule has 0 fully saturated rings. The van der Waals surface area contributed by atoms with Gasteiger partial charge in [0.05, 0.1) is 0 Å². The SMILES string of the molecule is O=C(NC(C(=O)O)c1ccccc1)c1ccc2c(c1)OCc1cnccc1-2. The number of pyridine rings is 1. The molecule has 0 spiro atoms. The fourth-order valence-corrected chi connectivity index (χ4v) is 3.11. The molecule has 1 aromatic heterocycles. The number of carboxylic acid groups (broad SMARTS) is 1. The van der Waals surface area contributed by atoms with E-state index in [0.717, 1.165) is 16.7 Å². The summed E-state index contributed by atoms with van der Waals surface area (Å²) in [5, 5.41) is 12.0. The third-order valence-electron chi connectivity index (χ3n) is 4.48. The number of nitrogens with zero attached hydrogens (tertiary/aromatic N) is 1. The second-order valence-corrected chi connectivity index (χ2v) is 6.19. The van der Waals surface area contributed by atoms with Crippen LogP contribution in [0.5, 0.6) is 5.75 Å². The molecule has 0 radical (unpaired) electrons. The topological polar surface area (TPSA) is 88.5 Å². The Kier molecular flexibility index (Phi) is 4.30. The number of benzene rings is 2. The van der Waals surface area contributed by atoms with Crippen molar-refractivity contribution in [3.8, 4) is 16.9 Å². The van der Waals surface area contributed by atoms with Crippen LogP contribution in [0.1, 0.15) is 27.5 Å². The van der Waals surface area contributed by atoms with E-state index in [0.29, 0.717) is 23.5 Å². The van der Waals surface area contributed by atoms with E-state index in [1.54, 1.807) is 60.9 Å². The highest BCUT2D eigenvalue weighted by molar-refractivity contribution is 5.98. The number of carboxylic acids is 1. The summed E-state index contributed by atoms with van der Waals surface area (Å²) in [5.41, 5.74) is 3.73. The van der Waals surface area contributed by atoms with Crippen molar-refractivity contribution >= 4 is 11.9 Å². The van der Waals surface area contributed by atoms with Crippen molar-refractivity contribution in [2.24, 2.45) is 0 Å². The number of aliphatic carboxylic acids is 1. The molecule has 6 nitrogen and oxygen atoms in total. The summed E-state index contributed by atoms with van der Waals surface area (Å²) in [6, 6.07) is 14.5. The molecular weight excluding hydrogens is 344 g/mol. The molecule has 1 aliphatic rings. The van der Waals surface area contributed by atoms with Gasteiger partial charge in [0.15, 0.2) is 6.04 Å². The quantitative estimate of drug-likeness (QED) is 0.746. The summed E-state index contributed by atoms with van der Waals surface area (Å²) in [7, 11) is 0. The third kappa shape index (κ3) is 3.25. The van der Waals surface area contributed by atoms with E-state index in [1.807, 2.05) is 6.07 Å². The van der Waals surface area contributed by atoms with E-state index >= 15 is 0 Å². The molecule has 1 unspecified atom stereocenters. The lowest BCUT2D eigenvalue weighted by molar-refractivity contribution is -0.139. The lowest BCUT2D eigenvalue weighted by Crippen LogP contribution is -2.33. The molecular formula is C21H16N2O4. The Morgan fingerprint density at radius 3 is 2.67 bits per heavy atom. The van der Waals surface area contributed by atoms with Crippen molar-refractivity contribution < 1.29 is 19.4 Å². The first-order chi connectivity index (χ1) is 13.1. The van der Waals surface area contributed by atoms with Gasteiger partial charge < -0.3 is 15.2 Å². The number of amides is 1. The summed E-state index contributed by atoms with van der Waals surface area (Å²) >= 11 is 0. The first-order valence-corrected chi connectivity index (χ1v) is 8.42. The molecule has 6 heteroatoms. The van der Waals surface area contributed by atoms with Gasteiger partial charge in [-0.05, 0) is 35.4 Å². The number of carbonyl (C=O) groups is 2. The van der Waals surface area contributed by atoms with Gasteiger partial charge in [-0.15, -0.1) is 0 Å². The minimum Gasteiger partial charge on any atom is -0.488 e. The van der Waals surface area contributed by atoms with Gasteiger partial charge in [0.1, 0.15) is 12.4 Å². The summed E-state index contributed by atoms with van der Waals surface area (Å²) in [6.07, 6.45) is 3.47. The zero-order chi connectivity index (χ0) is 18.8. The maximum atomic E-state index is 12.6. The van der Waals surface area contributed by atoms with Gasteiger partial charge in [-0.2, -0.15) is 0 Å². The number of hydrogen-bond donors (Lipinski definition) is 2. The van der Waals surface area contributed by atoms with E-state index < -0.39 is 17.9 Å². The molecule has 2 heterocycles. The Labute approximate surface area is 155 Å². The van der Waals surface area contributed by atoms with Crippen LogP contribution in [0.15, 0.2) is 67.0 Å². The lowest BCUT2D eigenvalue weighted by Gasteiger charge is -2.21. The van der Waals surface area contributed by atoms with Gasteiger partial charge in [-0.25, -0.2) is 4.79 Å². The number of rotatable bonds is 4. The van der Waals surface area contributed by atoms with E-state index in [1.165, 1.54) is 0 Å². The zero-order valence-corrected chi connectivity index (χ0v) is 14.3. The molecule has 1 amide bonds. The molecule has 2 aromatic carbocycles. The maximum absolute atomic E-state index is 12.6. The minimum atomic E-state index is -1.12. The van der Waals surface area contributed by atoms with Crippen molar-refractivity contribution in [2.45, 2.75) is 12.6 Å². The highest BCUT2D eigenvalue weighted by Crippen LogP contribution is 2.37. The highest BCUT2D eigenvalue weighted by atomic mass is 16.5. The van der Waals surface area contributed by atoms with Crippen molar-refractivity contribution in [3.63, 3.8) is 0 Å². The third-order valence-corrected chi connectivity index (χ3v) is 4.48. The van der Waals surface area contributed by atoms with Crippen molar-refractivity contribution in [1.82, 2.24) is 10.3 Å². The van der Waals surface area contributed by atoms with E-state index in [9.17, 15) is 14.7 Å². The van der Waals surface area contributed by atoms with E-state index in [2.05, 4.69) is 10.3 Å². The number of hydrogen-bond acceptors (Lipinski definition) is 4. The standard InChI is InChI=1S/C21H16N2O4/c24-20(23-19(21(25)26)13-4-2-1-3-5-13)14-6-7-17-16-8-9-22-11-15(16)12-27-18(17)10-14/h1-11,19H,12H2,(H,23,24)(H,25,26). The second-order valence-electron chi connectivity index (χ2n) is 6.19. The van der Waals surface area contributed by atoms with Crippen LogP contribution in [0.3, 0.4) is 0 Å². The Morgan fingerprint density at radius 2 is 1.89 bits per heavy atom. The maximum Gasteiger partial charge on any atom is 0.330 e. The van der Waals surface area contributed by atoms with Crippen LogP contribution in [0, 0.1) is 0 Å². The van der Waals surface area contributed by atoms with Gasteiger partial charge in [-0.3, -0.25) is 9.78 Å². The number of fused-ring (bicyclic) bond motifs is 3. The van der Waals surface area contributed by atoms with Crippen molar-refractivity contribution in [1.29, 1.82) is 0 Å². The van der Waals surface area contributed by atoms with Crippen LogP contribution in [0.2, 0.25) is 0 Å². The van der Waals surface area contributed by atoms with Crippen LogP contribution < -0.4 is 10.1 Å². The normalized spacial score (nSPS) is 12.9. The highest BCUT2D eigenvalue weighted by Gasteiger charge is 2.24. The molecule has 27 heavy (non-hydrogen) atoms. The van der Waals surface area contributed by atoms with Gasteiger partial charge in [0.2, 0.25) is 0 Å².